The van der Waals surface area contributed by atoms with Gasteiger partial charge in [-0.15, -0.1) is 0 Å². The van der Waals surface area contributed by atoms with E-state index in [0.29, 0.717) is 12.0 Å². The predicted octanol–water partition coefficient (Wildman–Crippen LogP) is 4.57. The fourth-order valence-corrected chi connectivity index (χ4v) is 2.95. The molecule has 0 heterocycles. The third-order valence-electron chi connectivity index (χ3n) is 2.81. The van der Waals surface area contributed by atoms with Gasteiger partial charge in [0, 0.05) is 20.2 Å². The quantitative estimate of drug-likeness (QED) is 0.699. The second-order valence-corrected chi connectivity index (χ2v) is 6.29. The number of nitrogens with two attached hydrogens (primary N) is 1. The summed E-state index contributed by atoms with van der Waals surface area (Å²) in [6, 6.07) is 9.04. The van der Waals surface area contributed by atoms with Crippen molar-refractivity contribution in [2.45, 2.75) is 12.5 Å². The lowest BCUT2D eigenvalue weighted by molar-refractivity contribution is 0.563. The van der Waals surface area contributed by atoms with Gasteiger partial charge in [-0.05, 0) is 64.4 Å². The van der Waals surface area contributed by atoms with Crippen LogP contribution in [0.2, 0.25) is 0 Å². The zero-order chi connectivity index (χ0) is 14.0. The number of hydrogen-bond acceptors (Lipinski definition) is 1. The molecule has 2 N–H and O–H groups in total. The van der Waals surface area contributed by atoms with Gasteiger partial charge < -0.3 is 5.73 Å². The van der Waals surface area contributed by atoms with E-state index in [-0.39, 0.29) is 6.04 Å². The van der Waals surface area contributed by atoms with Gasteiger partial charge in [0.15, 0.2) is 0 Å². The van der Waals surface area contributed by atoms with Crippen molar-refractivity contribution in [2.24, 2.45) is 5.73 Å². The van der Waals surface area contributed by atoms with E-state index in [2.05, 4.69) is 38.5 Å². The van der Waals surface area contributed by atoms with Crippen molar-refractivity contribution in [3.8, 4) is 0 Å². The van der Waals surface area contributed by atoms with Gasteiger partial charge in [-0.2, -0.15) is 0 Å². The summed E-state index contributed by atoms with van der Waals surface area (Å²) in [5.41, 5.74) is 7.48. The third-order valence-corrected chi connectivity index (χ3v) is 4.29. The van der Waals surface area contributed by atoms with Crippen LogP contribution in [0.25, 0.3) is 0 Å². The zero-order valence-electron chi connectivity index (χ0n) is 9.84. The maximum absolute atomic E-state index is 13.6. The van der Waals surface area contributed by atoms with Crippen LogP contribution < -0.4 is 5.73 Å². The predicted molar refractivity (Wildman–Crippen MR) is 83.8 cm³/mol. The van der Waals surface area contributed by atoms with Crippen molar-refractivity contribution < 1.29 is 8.78 Å². The van der Waals surface area contributed by atoms with Gasteiger partial charge >= 0.3 is 0 Å². The Morgan fingerprint density at radius 3 is 2.58 bits per heavy atom. The molecule has 0 fully saturated rings. The maximum Gasteiger partial charge on any atom is 0.129 e. The Bertz CT molecular complexity index is 604. The van der Waals surface area contributed by atoms with Crippen LogP contribution in [0.4, 0.5) is 8.78 Å². The van der Waals surface area contributed by atoms with Crippen molar-refractivity contribution >= 4 is 38.5 Å². The van der Waals surface area contributed by atoms with Crippen LogP contribution >= 0.6 is 38.5 Å². The molecule has 1 unspecified atom stereocenters. The zero-order valence-corrected chi connectivity index (χ0v) is 13.6. The molecular formula is C14H11BrF2IN. The first kappa shape index (κ1) is 14.9. The standard InChI is InChI=1S/C14H11BrF2IN/c15-9-2-4-13(18)11(6-9)14(19)5-8-1-3-10(16)7-12(8)17/h1-4,6-7,14H,5,19H2. The highest BCUT2D eigenvalue weighted by Gasteiger charge is 2.14. The van der Waals surface area contributed by atoms with E-state index in [9.17, 15) is 8.78 Å². The molecule has 19 heavy (non-hydrogen) atoms. The molecule has 0 aliphatic heterocycles. The van der Waals surface area contributed by atoms with Crippen LogP contribution in [-0.4, -0.2) is 0 Å². The number of rotatable bonds is 3. The van der Waals surface area contributed by atoms with E-state index >= 15 is 0 Å². The molecule has 2 rings (SSSR count). The van der Waals surface area contributed by atoms with Crippen molar-refractivity contribution in [3.63, 3.8) is 0 Å². The molecule has 0 saturated carbocycles. The molecule has 0 saturated heterocycles. The van der Waals surface area contributed by atoms with E-state index in [0.717, 1.165) is 19.7 Å². The molecule has 0 amide bonds. The van der Waals surface area contributed by atoms with Crippen molar-refractivity contribution in [1.82, 2.24) is 0 Å². The van der Waals surface area contributed by atoms with Gasteiger partial charge in [-0.25, -0.2) is 8.78 Å². The van der Waals surface area contributed by atoms with Crippen LogP contribution in [0.5, 0.6) is 0 Å². The molecule has 100 valence electrons. The minimum absolute atomic E-state index is 0.329. The van der Waals surface area contributed by atoms with Crippen LogP contribution in [0.3, 0.4) is 0 Å². The molecule has 0 aliphatic rings. The molecule has 2 aromatic rings. The normalized spacial score (nSPS) is 12.5. The number of benzene rings is 2. The first-order chi connectivity index (χ1) is 8.97. The van der Waals surface area contributed by atoms with E-state index in [1.807, 2.05) is 18.2 Å². The summed E-state index contributed by atoms with van der Waals surface area (Å²) >= 11 is 5.59. The molecule has 0 spiro atoms. The maximum atomic E-state index is 13.6. The second-order valence-electron chi connectivity index (χ2n) is 4.21. The Balaban J connectivity index is 2.25. The van der Waals surface area contributed by atoms with Gasteiger partial charge in [0.25, 0.3) is 0 Å². The van der Waals surface area contributed by atoms with Crippen molar-refractivity contribution in [3.05, 3.63) is 67.2 Å². The van der Waals surface area contributed by atoms with Gasteiger partial charge in [-0.3, -0.25) is 0 Å². The van der Waals surface area contributed by atoms with Crippen molar-refractivity contribution in [1.29, 1.82) is 0 Å². The summed E-state index contributed by atoms with van der Waals surface area (Å²) in [5, 5.41) is 0. The fourth-order valence-electron chi connectivity index (χ4n) is 1.83. The number of halogens is 4. The molecule has 0 aliphatic carbocycles. The molecule has 1 nitrogen and oxygen atoms in total. The topological polar surface area (TPSA) is 26.0 Å². The fraction of sp³-hybridized carbons (Fsp3) is 0.143. The van der Waals surface area contributed by atoms with Gasteiger partial charge in [0.1, 0.15) is 11.6 Å². The Labute approximate surface area is 132 Å². The summed E-state index contributed by atoms with van der Waals surface area (Å²) in [5.74, 6) is -1.13. The summed E-state index contributed by atoms with van der Waals surface area (Å²) in [6.07, 6.45) is 0.332. The Hall–Kier alpha value is -0.530. The van der Waals surface area contributed by atoms with Crippen LogP contribution in [-0.2, 0) is 6.42 Å². The van der Waals surface area contributed by atoms with Crippen LogP contribution in [0.15, 0.2) is 40.9 Å². The lowest BCUT2D eigenvalue weighted by Crippen LogP contribution is -2.15. The SMILES string of the molecule is NC(Cc1ccc(F)cc1F)c1cc(Br)ccc1I. The summed E-state index contributed by atoms with van der Waals surface area (Å²) in [7, 11) is 0. The summed E-state index contributed by atoms with van der Waals surface area (Å²) < 4.78 is 28.4. The van der Waals surface area contributed by atoms with Gasteiger partial charge in [-0.1, -0.05) is 22.0 Å². The third kappa shape index (κ3) is 3.73. The summed E-state index contributed by atoms with van der Waals surface area (Å²) in [6.45, 7) is 0. The first-order valence-electron chi connectivity index (χ1n) is 5.62. The highest BCUT2D eigenvalue weighted by molar-refractivity contribution is 14.1. The Morgan fingerprint density at radius 2 is 1.89 bits per heavy atom. The average molecular weight is 438 g/mol. The van der Waals surface area contributed by atoms with E-state index in [1.165, 1.54) is 12.1 Å². The molecular weight excluding hydrogens is 427 g/mol. The molecule has 1 atom stereocenters. The average Bonchev–Trinajstić information content (AvgIpc) is 2.35. The molecule has 0 radical (unpaired) electrons. The van der Waals surface area contributed by atoms with Gasteiger partial charge in [0.05, 0.1) is 0 Å². The van der Waals surface area contributed by atoms with E-state index in [1.54, 1.807) is 0 Å². The number of hydrogen-bond donors (Lipinski definition) is 1. The first-order valence-corrected chi connectivity index (χ1v) is 7.49. The van der Waals surface area contributed by atoms with Crippen LogP contribution in [0.1, 0.15) is 17.2 Å². The van der Waals surface area contributed by atoms with E-state index in [4.69, 9.17) is 5.73 Å². The Morgan fingerprint density at radius 1 is 1.16 bits per heavy atom. The molecule has 0 aromatic heterocycles. The Kier molecular flexibility index (Phi) is 4.92. The smallest absolute Gasteiger partial charge is 0.129 e. The highest BCUT2D eigenvalue weighted by Crippen LogP contribution is 2.26. The largest absolute Gasteiger partial charge is 0.324 e. The minimum Gasteiger partial charge on any atom is -0.324 e. The van der Waals surface area contributed by atoms with Crippen LogP contribution in [0, 0.1) is 15.2 Å². The lowest BCUT2D eigenvalue weighted by Gasteiger charge is -2.15. The minimum atomic E-state index is -0.577. The van der Waals surface area contributed by atoms with Gasteiger partial charge in [0.2, 0.25) is 0 Å². The summed E-state index contributed by atoms with van der Waals surface area (Å²) in [4.78, 5) is 0. The van der Waals surface area contributed by atoms with E-state index < -0.39 is 11.6 Å². The lowest BCUT2D eigenvalue weighted by atomic mass is 9.99. The van der Waals surface area contributed by atoms with Crippen molar-refractivity contribution in [2.75, 3.05) is 0 Å². The molecule has 2 aromatic carbocycles. The monoisotopic (exact) mass is 437 g/mol. The second kappa shape index (κ2) is 6.28. The highest BCUT2D eigenvalue weighted by atomic mass is 127. The molecule has 0 bridgehead atoms. The molecule has 5 heteroatoms.